The number of hydrogen-bond donors (Lipinski definition) is 2. The van der Waals surface area contributed by atoms with Crippen LogP contribution in [0.2, 0.25) is 0 Å². The van der Waals surface area contributed by atoms with E-state index in [0.717, 1.165) is 44.5 Å². The van der Waals surface area contributed by atoms with Gasteiger partial charge < -0.3 is 0 Å². The molecule has 0 aliphatic heterocycles. The summed E-state index contributed by atoms with van der Waals surface area (Å²) >= 11 is -6.08. The van der Waals surface area contributed by atoms with Crippen molar-refractivity contribution in [1.29, 1.82) is 0 Å². The fourth-order valence-corrected chi connectivity index (χ4v) is 39.1. The average molecular weight is 899 g/mol. The van der Waals surface area contributed by atoms with Crippen molar-refractivity contribution in [3.8, 4) is 22.3 Å². The predicted octanol–water partition coefficient (Wildman–Crippen LogP) is 11.6. The van der Waals surface area contributed by atoms with Gasteiger partial charge in [-0.1, -0.05) is 0 Å². The molecule has 2 unspecified atom stereocenters. The van der Waals surface area contributed by atoms with E-state index in [1.807, 2.05) is 0 Å². The molecule has 269 valence electrons. The quantitative estimate of drug-likeness (QED) is 0.104. The van der Waals surface area contributed by atoms with Crippen LogP contribution in [0.4, 0.5) is 0 Å². The number of fused-ring (bicyclic) bond motifs is 2. The Hall–Kier alpha value is -3.18. The Morgan fingerprint density at radius 2 is 0.904 bits per heavy atom. The first-order valence-corrected chi connectivity index (χ1v) is 33.7. The zero-order valence-corrected chi connectivity index (χ0v) is 36.6. The third kappa shape index (κ3) is 6.31. The van der Waals surface area contributed by atoms with Gasteiger partial charge in [-0.2, -0.15) is 0 Å². The molecule has 0 bridgehead atoms. The molecule has 2 aliphatic rings. The van der Waals surface area contributed by atoms with Gasteiger partial charge in [-0.3, -0.25) is 0 Å². The number of carbonyl (C=O) groups is 2. The van der Waals surface area contributed by atoms with E-state index in [1.54, 1.807) is 0 Å². The molecule has 2 aliphatic carbocycles. The van der Waals surface area contributed by atoms with Gasteiger partial charge in [-0.25, -0.2) is 0 Å². The van der Waals surface area contributed by atoms with E-state index in [1.165, 1.54) is 22.3 Å². The topological polar surface area (TPSA) is 58.2 Å². The van der Waals surface area contributed by atoms with Gasteiger partial charge in [-0.05, 0) is 0 Å². The molecule has 0 aromatic heterocycles. The zero-order valence-electron chi connectivity index (χ0n) is 31.5. The second kappa shape index (κ2) is 14.9. The van der Waals surface area contributed by atoms with Crippen molar-refractivity contribution >= 4 is 46.7 Å². The first kappa shape index (κ1) is 38.5. The second-order valence-electron chi connectivity index (χ2n) is 15.8. The molecule has 0 radical (unpaired) electrons. The summed E-state index contributed by atoms with van der Waals surface area (Å²) in [5.41, 5.74) is 13.8. The third-order valence-corrected chi connectivity index (χ3v) is 39.8. The van der Waals surface area contributed by atoms with Crippen molar-refractivity contribution in [1.82, 2.24) is 10.5 Å². The maximum atomic E-state index is 12.5. The summed E-state index contributed by atoms with van der Waals surface area (Å²) in [7, 11) is 17.4. The summed E-state index contributed by atoms with van der Waals surface area (Å²) in [6.45, 7) is 17.7. The molecule has 8 heteroatoms. The van der Waals surface area contributed by atoms with Crippen LogP contribution < -0.4 is 10.5 Å². The van der Waals surface area contributed by atoms with Gasteiger partial charge in [0.2, 0.25) is 0 Å². The third-order valence-electron chi connectivity index (χ3n) is 11.4. The fraction of sp³-hybridized carbons (Fsp3) is 0.318. The van der Waals surface area contributed by atoms with Crippen LogP contribution in [0.1, 0.15) is 108 Å². The number of carbonyl (C=O) groups excluding carboxylic acids is 2. The summed E-state index contributed by atoms with van der Waals surface area (Å²) < 4.78 is -1.77. The van der Waals surface area contributed by atoms with Crippen LogP contribution in [0.3, 0.4) is 0 Å². The van der Waals surface area contributed by atoms with E-state index in [-0.39, 0.29) is 11.8 Å². The Balaban J connectivity index is 1.70. The van der Waals surface area contributed by atoms with Crippen molar-refractivity contribution in [2.24, 2.45) is 11.8 Å². The first-order chi connectivity index (χ1) is 24.8. The molecule has 4 aromatic rings. The van der Waals surface area contributed by atoms with Crippen LogP contribution in [0.5, 0.6) is 0 Å². The van der Waals surface area contributed by atoms with E-state index in [2.05, 4.69) is 163 Å². The Kier molecular flexibility index (Phi) is 11.1. The summed E-state index contributed by atoms with van der Waals surface area (Å²) in [6, 6.07) is 30.1. The fourth-order valence-electron chi connectivity index (χ4n) is 9.05. The number of amides is 2. The molecule has 2 amide bonds. The van der Waals surface area contributed by atoms with Gasteiger partial charge >= 0.3 is 321 Å². The van der Waals surface area contributed by atoms with E-state index in [0.29, 0.717) is 24.7 Å². The Morgan fingerprint density at radius 3 is 1.25 bits per heavy atom. The molecule has 4 nitrogen and oxygen atoms in total. The van der Waals surface area contributed by atoms with Crippen molar-refractivity contribution in [3.05, 3.63) is 129 Å². The summed E-state index contributed by atoms with van der Waals surface area (Å²) in [6.07, 6.45) is 5.88. The van der Waals surface area contributed by atoms with E-state index in [4.69, 9.17) is 17.2 Å². The van der Waals surface area contributed by atoms with Crippen LogP contribution in [0.15, 0.2) is 96.1 Å². The van der Waals surface area contributed by atoms with Gasteiger partial charge in [-0.15, -0.1) is 0 Å². The molecule has 2 atom stereocenters. The van der Waals surface area contributed by atoms with Crippen molar-refractivity contribution in [2.45, 2.75) is 74.6 Å². The van der Waals surface area contributed by atoms with Gasteiger partial charge in [0.05, 0.1) is 0 Å². The summed E-state index contributed by atoms with van der Waals surface area (Å²) in [4.78, 5) is 25.1. The van der Waals surface area contributed by atoms with Gasteiger partial charge in [0, 0.05) is 0 Å². The number of halogens is 2. The molecule has 0 fully saturated rings. The maximum absolute atomic E-state index is 12.5. The summed E-state index contributed by atoms with van der Waals surface area (Å²) in [5, 5.41) is 5.99. The Labute approximate surface area is 318 Å². The van der Waals surface area contributed by atoms with Crippen molar-refractivity contribution in [3.63, 3.8) is 0 Å². The molecule has 0 saturated heterocycles. The molecule has 0 saturated carbocycles. The molecule has 0 heterocycles. The van der Waals surface area contributed by atoms with Crippen molar-refractivity contribution in [2.75, 3.05) is 0 Å². The van der Waals surface area contributed by atoms with Crippen LogP contribution in [0.25, 0.3) is 34.4 Å². The number of benzene rings is 4. The van der Waals surface area contributed by atoms with Crippen LogP contribution >= 0.6 is 17.2 Å². The van der Waals surface area contributed by atoms with Crippen LogP contribution in [-0.2, 0) is 25.5 Å². The zero-order chi connectivity index (χ0) is 37.6. The molecule has 2 N–H and O–H groups in total. The summed E-state index contributed by atoms with van der Waals surface area (Å²) in [5.74, 6) is 0.822. The standard InChI is InChI=1S/2C21H23.C2H3BN2O2.2ClH.Hf/c2*1-14(2)17-12-16-8-7-11-20(21(16)13-17)19-10-6-5-9-18(19)15(3)4;6-1-4-3-5-2-7;;;/h2*5-15H,1-4H3;1-2H,(H-,4,5,6,7);2*1H;/q;;;;;+1/p-1. The van der Waals surface area contributed by atoms with Crippen LogP contribution in [-0.4, -0.2) is 17.4 Å². The SMILES string of the molecule is CC(C)C1=Cc2c(-c3ccccc3C(C)C)cccc2[CH]1[Hf]([Cl])([Cl])([B](NC=O)NC=O)[CH]1C(C(C)C)=Cc2c(-c3ccccc3C(C)C)cccc21. The normalized spacial score (nSPS) is 17.4. The van der Waals surface area contributed by atoms with E-state index >= 15 is 0 Å². The monoisotopic (exact) mass is 899 g/mol. The van der Waals surface area contributed by atoms with Gasteiger partial charge in [0.15, 0.2) is 0 Å². The average Bonchev–Trinajstić information content (AvgIpc) is 3.73. The first-order valence-electron chi connectivity index (χ1n) is 18.6. The molecule has 6 rings (SSSR count). The van der Waals surface area contributed by atoms with E-state index < -0.39 is 27.8 Å². The van der Waals surface area contributed by atoms with Crippen LogP contribution in [0, 0.1) is 11.8 Å². The van der Waals surface area contributed by atoms with E-state index in [9.17, 15) is 9.59 Å². The number of nitrogens with one attached hydrogen (secondary N) is 2. The van der Waals surface area contributed by atoms with Crippen molar-refractivity contribution < 1.29 is 25.5 Å². The molecule has 0 spiro atoms. The van der Waals surface area contributed by atoms with Gasteiger partial charge in [0.1, 0.15) is 0 Å². The Bertz CT molecular complexity index is 1940. The number of hydrogen-bond acceptors (Lipinski definition) is 2. The molecular weight excluding hydrogens is 849 g/mol. The predicted molar refractivity (Wildman–Crippen MR) is 219 cm³/mol. The molecule has 52 heavy (non-hydrogen) atoms. The minimum atomic E-state index is -6.08. The number of rotatable bonds is 13. The second-order valence-corrected chi connectivity index (χ2v) is 46.2. The minimum absolute atomic E-state index is 0.0864. The Morgan fingerprint density at radius 1 is 0.538 bits per heavy atom. The number of allylic oxidation sites excluding steroid dienone is 2. The molecular formula is C44H50BCl2HfN2O2. The molecule has 4 aromatic carbocycles. The van der Waals surface area contributed by atoms with Gasteiger partial charge in [0.25, 0.3) is 0 Å².